The molecule has 1 aromatic carbocycles. The van der Waals surface area contributed by atoms with Gasteiger partial charge in [-0.3, -0.25) is 14.4 Å². The van der Waals surface area contributed by atoms with Gasteiger partial charge in [0.15, 0.2) is 0 Å². The average molecular weight is 425 g/mol. The van der Waals surface area contributed by atoms with Gasteiger partial charge in [-0.25, -0.2) is 0 Å². The van der Waals surface area contributed by atoms with Crippen molar-refractivity contribution in [2.75, 3.05) is 38.0 Å². The van der Waals surface area contributed by atoms with Gasteiger partial charge in [-0.05, 0) is 55.1 Å². The van der Waals surface area contributed by atoms with Crippen LogP contribution in [0.2, 0.25) is 0 Å². The summed E-state index contributed by atoms with van der Waals surface area (Å²) in [4.78, 5) is 43.8. The van der Waals surface area contributed by atoms with Crippen molar-refractivity contribution in [2.45, 2.75) is 18.9 Å². The Hall–Kier alpha value is -2.71. The molecule has 0 aliphatic carbocycles. The van der Waals surface area contributed by atoms with Gasteiger partial charge in [0.2, 0.25) is 11.8 Å². The maximum atomic E-state index is 13.3. The summed E-state index contributed by atoms with van der Waals surface area (Å²) in [6.45, 7) is 2.79. The van der Waals surface area contributed by atoms with Crippen LogP contribution in [0.5, 0.6) is 0 Å². The van der Waals surface area contributed by atoms with Crippen molar-refractivity contribution in [3.63, 3.8) is 0 Å². The van der Waals surface area contributed by atoms with E-state index < -0.39 is 6.04 Å². The number of fused-ring (bicyclic) bond motifs is 2. The molecule has 156 valence electrons. The molecule has 4 heterocycles. The number of benzene rings is 1. The van der Waals surface area contributed by atoms with Crippen LogP contribution in [-0.2, 0) is 9.59 Å². The van der Waals surface area contributed by atoms with Crippen LogP contribution in [0.15, 0.2) is 35.7 Å². The molecule has 1 atom stereocenters. The predicted octanol–water partition coefficient (Wildman–Crippen LogP) is 2.02. The van der Waals surface area contributed by atoms with E-state index in [9.17, 15) is 14.4 Å². The number of anilines is 1. The van der Waals surface area contributed by atoms with Crippen molar-refractivity contribution in [3.05, 3.63) is 41.3 Å². The fourth-order valence-corrected chi connectivity index (χ4v) is 5.30. The predicted molar refractivity (Wildman–Crippen MR) is 115 cm³/mol. The standard InChI is InChI=1S/C22H24N4O3S/c27-20-18-13-25(21(28)14-5-7-23-8-6-14)9-10-26(18)22(29)16-12-15(3-4-17(16)24-20)19-2-1-11-30-19/h1-4,11-12,14,18,23H,5-10,13H2,(H,24,27). The van der Waals surface area contributed by atoms with E-state index in [-0.39, 0.29) is 30.2 Å². The van der Waals surface area contributed by atoms with E-state index in [2.05, 4.69) is 10.6 Å². The van der Waals surface area contributed by atoms with E-state index in [1.807, 2.05) is 29.6 Å². The number of carbonyl (C=O) groups is 3. The number of rotatable bonds is 2. The second kappa shape index (κ2) is 7.85. The second-order valence-corrected chi connectivity index (χ2v) is 9.00. The van der Waals surface area contributed by atoms with Crippen LogP contribution in [0.25, 0.3) is 10.4 Å². The lowest BCUT2D eigenvalue weighted by Gasteiger charge is -2.41. The Morgan fingerprint density at radius 3 is 2.70 bits per heavy atom. The normalized spacial score (nSPS) is 22.2. The molecule has 2 saturated heterocycles. The highest BCUT2D eigenvalue weighted by Gasteiger charge is 2.41. The largest absolute Gasteiger partial charge is 0.338 e. The van der Waals surface area contributed by atoms with Crippen molar-refractivity contribution < 1.29 is 14.4 Å². The van der Waals surface area contributed by atoms with Crippen LogP contribution in [0.4, 0.5) is 5.69 Å². The molecule has 3 amide bonds. The summed E-state index contributed by atoms with van der Waals surface area (Å²) < 4.78 is 0. The van der Waals surface area contributed by atoms with Crippen LogP contribution < -0.4 is 10.6 Å². The molecule has 30 heavy (non-hydrogen) atoms. The second-order valence-electron chi connectivity index (χ2n) is 8.05. The Morgan fingerprint density at radius 2 is 1.93 bits per heavy atom. The van der Waals surface area contributed by atoms with Gasteiger partial charge in [-0.1, -0.05) is 12.1 Å². The number of amides is 3. The van der Waals surface area contributed by atoms with Crippen LogP contribution in [0.1, 0.15) is 23.2 Å². The zero-order valence-electron chi connectivity index (χ0n) is 16.6. The van der Waals surface area contributed by atoms with Crippen molar-refractivity contribution in [3.8, 4) is 10.4 Å². The summed E-state index contributed by atoms with van der Waals surface area (Å²) in [5.41, 5.74) is 2.01. The molecular weight excluding hydrogens is 400 g/mol. The van der Waals surface area contributed by atoms with Gasteiger partial charge in [0.05, 0.1) is 17.8 Å². The summed E-state index contributed by atoms with van der Waals surface area (Å²) in [5, 5.41) is 8.19. The van der Waals surface area contributed by atoms with E-state index in [1.165, 1.54) is 0 Å². The lowest BCUT2D eigenvalue weighted by atomic mass is 9.95. The highest BCUT2D eigenvalue weighted by atomic mass is 32.1. The topological polar surface area (TPSA) is 81.8 Å². The summed E-state index contributed by atoms with van der Waals surface area (Å²) in [6, 6.07) is 8.92. The molecule has 2 aromatic rings. The quantitative estimate of drug-likeness (QED) is 0.773. The van der Waals surface area contributed by atoms with Gasteiger partial charge < -0.3 is 20.4 Å². The third-order valence-corrected chi connectivity index (χ3v) is 7.18. The summed E-state index contributed by atoms with van der Waals surface area (Å²) in [7, 11) is 0. The number of piperidine rings is 1. The molecule has 7 nitrogen and oxygen atoms in total. The maximum Gasteiger partial charge on any atom is 0.256 e. The Labute approximate surface area is 179 Å². The maximum absolute atomic E-state index is 13.3. The fraction of sp³-hybridized carbons (Fsp3) is 0.409. The molecule has 0 saturated carbocycles. The number of nitrogens with zero attached hydrogens (tertiary/aromatic N) is 2. The Morgan fingerprint density at radius 1 is 1.10 bits per heavy atom. The first-order valence-corrected chi connectivity index (χ1v) is 11.3. The molecule has 8 heteroatoms. The highest BCUT2D eigenvalue weighted by molar-refractivity contribution is 7.13. The molecule has 3 aliphatic rings. The van der Waals surface area contributed by atoms with Gasteiger partial charge in [-0.15, -0.1) is 11.3 Å². The van der Waals surface area contributed by atoms with E-state index in [0.29, 0.717) is 24.3 Å². The molecular formula is C22H24N4O3S. The molecule has 1 unspecified atom stereocenters. The van der Waals surface area contributed by atoms with Gasteiger partial charge in [0, 0.05) is 23.9 Å². The zero-order chi connectivity index (χ0) is 20.7. The monoisotopic (exact) mass is 424 g/mol. The Balaban J connectivity index is 1.39. The molecule has 3 aliphatic heterocycles. The molecule has 2 fully saturated rings. The van der Waals surface area contributed by atoms with Gasteiger partial charge in [0.25, 0.3) is 5.91 Å². The average Bonchev–Trinajstić information content (AvgIpc) is 3.30. The summed E-state index contributed by atoms with van der Waals surface area (Å²) in [6.07, 6.45) is 1.65. The first kappa shape index (κ1) is 19.3. The van der Waals surface area contributed by atoms with Crippen molar-refractivity contribution in [2.24, 2.45) is 5.92 Å². The number of nitrogens with one attached hydrogen (secondary N) is 2. The molecule has 0 bridgehead atoms. The third kappa shape index (κ3) is 3.40. The minimum absolute atomic E-state index is 0.00731. The van der Waals surface area contributed by atoms with Crippen molar-refractivity contribution >= 4 is 34.7 Å². The summed E-state index contributed by atoms with van der Waals surface area (Å²) in [5.74, 6) is -0.263. The number of thiophene rings is 1. The molecule has 0 spiro atoms. The first-order chi connectivity index (χ1) is 14.6. The van der Waals surface area contributed by atoms with Gasteiger partial charge in [-0.2, -0.15) is 0 Å². The molecule has 0 radical (unpaired) electrons. The SMILES string of the molecule is O=C1Nc2ccc(-c3cccs3)cc2C(=O)N2CCN(C(=O)C3CCNCC3)CC12. The number of piperazine rings is 1. The Kier molecular flexibility index (Phi) is 5.04. The fourth-order valence-electron chi connectivity index (χ4n) is 4.57. The van der Waals surface area contributed by atoms with E-state index >= 15 is 0 Å². The lowest BCUT2D eigenvalue weighted by molar-refractivity contribution is -0.140. The minimum atomic E-state index is -0.658. The molecule has 5 rings (SSSR count). The van der Waals surface area contributed by atoms with Gasteiger partial charge >= 0.3 is 0 Å². The Bertz CT molecular complexity index is 984. The van der Waals surface area contributed by atoms with E-state index in [4.69, 9.17) is 0 Å². The minimum Gasteiger partial charge on any atom is -0.338 e. The smallest absolute Gasteiger partial charge is 0.256 e. The molecule has 1 aromatic heterocycles. The van der Waals surface area contributed by atoms with Crippen LogP contribution in [0, 0.1) is 5.92 Å². The highest BCUT2D eigenvalue weighted by Crippen LogP contribution is 2.32. The van der Waals surface area contributed by atoms with Gasteiger partial charge in [0.1, 0.15) is 6.04 Å². The van der Waals surface area contributed by atoms with E-state index in [0.717, 1.165) is 36.4 Å². The van der Waals surface area contributed by atoms with Crippen LogP contribution >= 0.6 is 11.3 Å². The lowest BCUT2D eigenvalue weighted by Crippen LogP contribution is -2.60. The van der Waals surface area contributed by atoms with Crippen LogP contribution in [0.3, 0.4) is 0 Å². The number of hydrogen-bond donors (Lipinski definition) is 2. The zero-order valence-corrected chi connectivity index (χ0v) is 17.4. The molecule has 2 N–H and O–H groups in total. The van der Waals surface area contributed by atoms with E-state index in [1.54, 1.807) is 27.2 Å². The van der Waals surface area contributed by atoms with Crippen molar-refractivity contribution in [1.82, 2.24) is 15.1 Å². The first-order valence-electron chi connectivity index (χ1n) is 10.4. The van der Waals surface area contributed by atoms with Crippen LogP contribution in [-0.4, -0.2) is 66.3 Å². The third-order valence-electron chi connectivity index (χ3n) is 6.26. The number of carbonyl (C=O) groups excluding carboxylic acids is 3. The van der Waals surface area contributed by atoms with Crippen molar-refractivity contribution in [1.29, 1.82) is 0 Å². The number of hydrogen-bond acceptors (Lipinski definition) is 5. The summed E-state index contributed by atoms with van der Waals surface area (Å²) >= 11 is 1.61.